The fourth-order valence-electron chi connectivity index (χ4n) is 2.72. The highest BCUT2D eigenvalue weighted by Crippen LogP contribution is 2.18. The summed E-state index contributed by atoms with van der Waals surface area (Å²) >= 11 is 3.39. The Hall–Kier alpha value is -2.08. The van der Waals surface area contributed by atoms with Crippen molar-refractivity contribution in [1.29, 1.82) is 0 Å². The molecule has 0 N–H and O–H groups in total. The number of halogens is 1. The molecule has 6 heteroatoms. The molecule has 0 bridgehead atoms. The quantitative estimate of drug-likeness (QED) is 0.806. The van der Waals surface area contributed by atoms with E-state index < -0.39 is 6.10 Å². The summed E-state index contributed by atoms with van der Waals surface area (Å²) in [6.07, 6.45) is 1.30. The summed E-state index contributed by atoms with van der Waals surface area (Å²) < 4.78 is 6.74. The van der Waals surface area contributed by atoms with Crippen molar-refractivity contribution < 1.29 is 9.53 Å². The molecular formula is C18H20BrN3O2. The van der Waals surface area contributed by atoms with E-state index in [4.69, 9.17) is 4.74 Å². The lowest BCUT2D eigenvalue weighted by atomic mass is 10.2. The van der Waals surface area contributed by atoms with E-state index in [0.29, 0.717) is 18.8 Å². The SMILES string of the molecule is C[C@H](Oc1ccc(Br)cc1)C(=O)N1CCN(c2ccccn2)CC1. The Morgan fingerprint density at radius 2 is 1.83 bits per heavy atom. The molecule has 1 fully saturated rings. The minimum absolute atomic E-state index is 0.0265. The van der Waals surface area contributed by atoms with Crippen LogP contribution in [0.2, 0.25) is 0 Å². The molecule has 2 aromatic rings. The van der Waals surface area contributed by atoms with Gasteiger partial charge in [0.15, 0.2) is 6.10 Å². The van der Waals surface area contributed by atoms with E-state index in [9.17, 15) is 4.79 Å². The molecule has 0 unspecified atom stereocenters. The van der Waals surface area contributed by atoms with Crippen LogP contribution in [-0.4, -0.2) is 48.1 Å². The van der Waals surface area contributed by atoms with Crippen molar-refractivity contribution in [2.75, 3.05) is 31.1 Å². The smallest absolute Gasteiger partial charge is 0.263 e. The Bertz CT molecular complexity index is 670. The van der Waals surface area contributed by atoms with E-state index in [2.05, 4.69) is 25.8 Å². The highest BCUT2D eigenvalue weighted by Gasteiger charge is 2.26. The number of hydrogen-bond donors (Lipinski definition) is 0. The van der Waals surface area contributed by atoms with Crippen LogP contribution in [0.1, 0.15) is 6.92 Å². The predicted molar refractivity (Wildman–Crippen MR) is 97.3 cm³/mol. The second-order valence-electron chi connectivity index (χ2n) is 5.71. The zero-order valence-electron chi connectivity index (χ0n) is 13.6. The summed E-state index contributed by atoms with van der Waals surface area (Å²) in [5, 5.41) is 0. The second kappa shape index (κ2) is 7.66. The van der Waals surface area contributed by atoms with Gasteiger partial charge in [-0.1, -0.05) is 22.0 Å². The Morgan fingerprint density at radius 3 is 2.46 bits per heavy atom. The molecule has 5 nitrogen and oxygen atoms in total. The third kappa shape index (κ3) is 4.06. The number of piperazine rings is 1. The van der Waals surface area contributed by atoms with Crippen molar-refractivity contribution in [3.05, 3.63) is 53.1 Å². The number of amides is 1. The summed E-state index contributed by atoms with van der Waals surface area (Å²) in [5.41, 5.74) is 0. The van der Waals surface area contributed by atoms with Gasteiger partial charge >= 0.3 is 0 Å². The molecule has 0 aliphatic carbocycles. The largest absolute Gasteiger partial charge is 0.481 e. The third-order valence-corrected chi connectivity index (χ3v) is 4.57. The Labute approximate surface area is 150 Å². The van der Waals surface area contributed by atoms with Gasteiger partial charge < -0.3 is 14.5 Å². The highest BCUT2D eigenvalue weighted by molar-refractivity contribution is 9.10. The first-order valence-electron chi connectivity index (χ1n) is 8.00. The van der Waals surface area contributed by atoms with Crippen molar-refractivity contribution in [3.8, 4) is 5.75 Å². The number of nitrogens with zero attached hydrogens (tertiary/aromatic N) is 3. The summed E-state index contributed by atoms with van der Waals surface area (Å²) in [6, 6.07) is 13.4. The molecule has 1 aromatic carbocycles. The maximum atomic E-state index is 12.6. The normalized spacial score (nSPS) is 15.9. The fourth-order valence-corrected chi connectivity index (χ4v) is 2.99. The van der Waals surface area contributed by atoms with E-state index in [-0.39, 0.29) is 5.91 Å². The topological polar surface area (TPSA) is 45.7 Å². The summed E-state index contributed by atoms with van der Waals surface area (Å²) in [7, 11) is 0. The molecule has 1 atom stereocenters. The monoisotopic (exact) mass is 389 g/mol. The van der Waals surface area contributed by atoms with Gasteiger partial charge in [0.2, 0.25) is 0 Å². The molecule has 24 heavy (non-hydrogen) atoms. The Morgan fingerprint density at radius 1 is 1.12 bits per heavy atom. The summed E-state index contributed by atoms with van der Waals surface area (Å²) in [4.78, 5) is 21.0. The van der Waals surface area contributed by atoms with E-state index in [0.717, 1.165) is 23.4 Å². The summed E-state index contributed by atoms with van der Waals surface area (Å²) in [5.74, 6) is 1.69. The number of carbonyl (C=O) groups is 1. The molecule has 1 aliphatic rings. The average Bonchev–Trinajstić information content (AvgIpc) is 2.64. The van der Waals surface area contributed by atoms with Gasteiger partial charge in [-0.3, -0.25) is 4.79 Å². The zero-order chi connectivity index (χ0) is 16.9. The van der Waals surface area contributed by atoms with Crippen molar-refractivity contribution in [2.45, 2.75) is 13.0 Å². The lowest BCUT2D eigenvalue weighted by Gasteiger charge is -2.36. The number of carbonyl (C=O) groups excluding carboxylic acids is 1. The molecule has 1 aromatic heterocycles. The number of pyridine rings is 1. The van der Waals surface area contributed by atoms with Crippen LogP contribution in [0.3, 0.4) is 0 Å². The van der Waals surface area contributed by atoms with Gasteiger partial charge in [0.25, 0.3) is 5.91 Å². The van der Waals surface area contributed by atoms with E-state index in [1.165, 1.54) is 0 Å². The van der Waals surface area contributed by atoms with E-state index in [1.807, 2.05) is 47.4 Å². The van der Waals surface area contributed by atoms with Crippen LogP contribution < -0.4 is 9.64 Å². The number of rotatable bonds is 4. The van der Waals surface area contributed by atoms with Crippen LogP contribution in [0.15, 0.2) is 53.1 Å². The standard InChI is InChI=1S/C18H20BrN3O2/c1-14(24-16-7-5-15(19)6-8-16)18(23)22-12-10-21(11-13-22)17-4-2-3-9-20-17/h2-9,14H,10-13H2,1H3/t14-/m0/s1. The van der Waals surface area contributed by atoms with Crippen LogP contribution in [0.5, 0.6) is 5.75 Å². The predicted octanol–water partition coefficient (Wildman–Crippen LogP) is 2.96. The molecule has 0 radical (unpaired) electrons. The Kier molecular flexibility index (Phi) is 5.35. The first-order chi connectivity index (χ1) is 11.6. The zero-order valence-corrected chi connectivity index (χ0v) is 15.1. The van der Waals surface area contributed by atoms with Crippen molar-refractivity contribution in [1.82, 2.24) is 9.88 Å². The van der Waals surface area contributed by atoms with Crippen molar-refractivity contribution in [2.24, 2.45) is 0 Å². The molecule has 1 amide bonds. The molecule has 1 saturated heterocycles. The molecule has 3 rings (SSSR count). The minimum Gasteiger partial charge on any atom is -0.481 e. The minimum atomic E-state index is -0.493. The highest BCUT2D eigenvalue weighted by atomic mass is 79.9. The number of aromatic nitrogens is 1. The number of benzene rings is 1. The molecular weight excluding hydrogens is 370 g/mol. The average molecular weight is 390 g/mol. The van der Waals surface area contributed by atoms with Crippen LogP contribution in [0, 0.1) is 0 Å². The van der Waals surface area contributed by atoms with Gasteiger partial charge in [-0.2, -0.15) is 0 Å². The molecule has 126 valence electrons. The van der Waals surface area contributed by atoms with Crippen molar-refractivity contribution >= 4 is 27.7 Å². The molecule has 2 heterocycles. The van der Waals surface area contributed by atoms with Gasteiger partial charge in [0.05, 0.1) is 0 Å². The van der Waals surface area contributed by atoms with Gasteiger partial charge in [-0.25, -0.2) is 4.98 Å². The molecule has 0 spiro atoms. The van der Waals surface area contributed by atoms with Gasteiger partial charge in [0.1, 0.15) is 11.6 Å². The second-order valence-corrected chi connectivity index (χ2v) is 6.63. The van der Waals surface area contributed by atoms with Crippen molar-refractivity contribution in [3.63, 3.8) is 0 Å². The molecule has 0 saturated carbocycles. The van der Waals surface area contributed by atoms with E-state index >= 15 is 0 Å². The number of anilines is 1. The Balaban J connectivity index is 1.53. The maximum Gasteiger partial charge on any atom is 0.263 e. The van der Waals surface area contributed by atoms with E-state index in [1.54, 1.807) is 13.1 Å². The first kappa shape index (κ1) is 16.8. The third-order valence-electron chi connectivity index (χ3n) is 4.04. The molecule has 1 aliphatic heterocycles. The lowest BCUT2D eigenvalue weighted by molar-refractivity contribution is -0.138. The lowest BCUT2D eigenvalue weighted by Crippen LogP contribution is -2.52. The maximum absolute atomic E-state index is 12.6. The number of hydrogen-bond acceptors (Lipinski definition) is 4. The van der Waals surface area contributed by atoms with Crippen LogP contribution in [0.25, 0.3) is 0 Å². The van der Waals surface area contributed by atoms with Crippen LogP contribution in [0.4, 0.5) is 5.82 Å². The van der Waals surface area contributed by atoms with Gasteiger partial charge in [-0.05, 0) is 43.3 Å². The first-order valence-corrected chi connectivity index (χ1v) is 8.80. The number of ether oxygens (including phenoxy) is 1. The van der Waals surface area contributed by atoms with Gasteiger partial charge in [-0.15, -0.1) is 0 Å². The summed E-state index contributed by atoms with van der Waals surface area (Å²) in [6.45, 7) is 4.74. The van der Waals surface area contributed by atoms with Crippen LogP contribution >= 0.6 is 15.9 Å². The fraction of sp³-hybridized carbons (Fsp3) is 0.333. The van der Waals surface area contributed by atoms with Crippen LogP contribution in [-0.2, 0) is 4.79 Å². The van der Waals surface area contributed by atoms with Gasteiger partial charge in [0, 0.05) is 36.8 Å².